The molecule has 4 rings (SSSR count). The van der Waals surface area contributed by atoms with Gasteiger partial charge in [-0.1, -0.05) is 36.4 Å². The lowest BCUT2D eigenvalue weighted by Gasteiger charge is -2.12. The van der Waals surface area contributed by atoms with Gasteiger partial charge >= 0.3 is 6.16 Å². The maximum absolute atomic E-state index is 13.6. The van der Waals surface area contributed by atoms with E-state index in [-0.39, 0.29) is 5.88 Å². The molecular formula is C22H17BrFNO4. The maximum atomic E-state index is 13.6. The van der Waals surface area contributed by atoms with Crippen molar-refractivity contribution in [3.05, 3.63) is 71.0 Å². The quantitative estimate of drug-likeness (QED) is 0.275. The molecule has 1 aromatic heterocycles. The van der Waals surface area contributed by atoms with Crippen molar-refractivity contribution < 1.29 is 23.8 Å². The molecule has 0 aliphatic carbocycles. The Morgan fingerprint density at radius 2 is 1.86 bits per heavy atom. The van der Waals surface area contributed by atoms with Gasteiger partial charge in [-0.2, -0.15) is 0 Å². The molecule has 0 bridgehead atoms. The minimum atomic E-state index is -1.43. The number of ether oxygens (including phenoxy) is 2. The van der Waals surface area contributed by atoms with Gasteiger partial charge in [0.05, 0.1) is 16.6 Å². The fourth-order valence-corrected chi connectivity index (χ4v) is 4.01. The van der Waals surface area contributed by atoms with Crippen molar-refractivity contribution in [2.75, 3.05) is 6.61 Å². The van der Waals surface area contributed by atoms with Gasteiger partial charge in [0.25, 0.3) is 0 Å². The van der Waals surface area contributed by atoms with Gasteiger partial charge in [0.2, 0.25) is 5.88 Å². The van der Waals surface area contributed by atoms with Crippen molar-refractivity contribution in [3.63, 3.8) is 0 Å². The molecule has 3 aromatic carbocycles. The summed E-state index contributed by atoms with van der Waals surface area (Å²) in [5.41, 5.74) is 0.680. The van der Waals surface area contributed by atoms with Crippen LogP contribution in [0.2, 0.25) is 0 Å². The highest BCUT2D eigenvalue weighted by atomic mass is 79.9. The van der Waals surface area contributed by atoms with Gasteiger partial charge in [-0.05, 0) is 52.0 Å². The lowest BCUT2D eigenvalue weighted by molar-refractivity contribution is 0.140. The Kier molecular flexibility index (Phi) is 5.40. The first-order chi connectivity index (χ1) is 14.0. The molecule has 0 amide bonds. The number of halogens is 2. The highest BCUT2D eigenvalue weighted by molar-refractivity contribution is 9.10. The Labute approximate surface area is 174 Å². The number of benzene rings is 3. The average Bonchev–Trinajstić information content (AvgIpc) is 2.96. The average molecular weight is 458 g/mol. The third-order valence-corrected chi connectivity index (χ3v) is 5.40. The topological polar surface area (TPSA) is 60.7 Å². The van der Waals surface area contributed by atoms with E-state index in [4.69, 9.17) is 14.6 Å². The summed E-state index contributed by atoms with van der Waals surface area (Å²) in [5.74, 6) is 0.519. The van der Waals surface area contributed by atoms with Crippen LogP contribution >= 0.6 is 15.9 Å². The normalized spacial score (nSPS) is 11.1. The third kappa shape index (κ3) is 3.91. The SMILES string of the molecule is O=C(O)Oc1c(Br)c2cc(F)ccc2n1CCCOc1cccc2ccccc12. The van der Waals surface area contributed by atoms with Crippen LogP contribution in [0, 0.1) is 5.82 Å². The second-order valence-corrected chi connectivity index (χ2v) is 7.27. The van der Waals surface area contributed by atoms with E-state index in [0.717, 1.165) is 16.5 Å². The Morgan fingerprint density at radius 1 is 1.07 bits per heavy atom. The molecule has 148 valence electrons. The van der Waals surface area contributed by atoms with E-state index in [1.54, 1.807) is 10.6 Å². The van der Waals surface area contributed by atoms with Crippen molar-refractivity contribution in [1.29, 1.82) is 0 Å². The third-order valence-electron chi connectivity index (χ3n) is 4.64. The fraction of sp³-hybridized carbons (Fsp3) is 0.136. The Balaban J connectivity index is 1.54. The smallest absolute Gasteiger partial charge is 0.493 e. The van der Waals surface area contributed by atoms with Crippen LogP contribution < -0.4 is 9.47 Å². The zero-order valence-electron chi connectivity index (χ0n) is 15.3. The molecule has 5 nitrogen and oxygen atoms in total. The number of carbonyl (C=O) groups is 1. The van der Waals surface area contributed by atoms with Gasteiger partial charge in [-0.15, -0.1) is 0 Å². The largest absolute Gasteiger partial charge is 0.512 e. The van der Waals surface area contributed by atoms with Crippen LogP contribution in [0.4, 0.5) is 9.18 Å². The summed E-state index contributed by atoms with van der Waals surface area (Å²) in [7, 11) is 0. The Hall–Kier alpha value is -3.06. The molecule has 4 aromatic rings. The van der Waals surface area contributed by atoms with Crippen molar-refractivity contribution in [1.82, 2.24) is 4.57 Å². The van der Waals surface area contributed by atoms with Gasteiger partial charge in [-0.3, -0.25) is 0 Å². The molecule has 0 saturated carbocycles. The lowest BCUT2D eigenvalue weighted by atomic mass is 10.1. The van der Waals surface area contributed by atoms with E-state index in [1.165, 1.54) is 12.1 Å². The van der Waals surface area contributed by atoms with Crippen LogP contribution in [0.25, 0.3) is 21.7 Å². The number of carboxylic acid groups (broad SMARTS) is 1. The number of fused-ring (bicyclic) bond motifs is 2. The number of hydrogen-bond donors (Lipinski definition) is 1. The van der Waals surface area contributed by atoms with Crippen molar-refractivity contribution in [3.8, 4) is 11.6 Å². The summed E-state index contributed by atoms with van der Waals surface area (Å²) >= 11 is 3.33. The Morgan fingerprint density at radius 3 is 2.69 bits per heavy atom. The second kappa shape index (κ2) is 8.13. The van der Waals surface area contributed by atoms with E-state index in [1.807, 2.05) is 42.5 Å². The van der Waals surface area contributed by atoms with E-state index < -0.39 is 12.0 Å². The summed E-state index contributed by atoms with van der Waals surface area (Å²) in [4.78, 5) is 11.1. The molecule has 0 fully saturated rings. The van der Waals surface area contributed by atoms with Gasteiger partial charge in [0.1, 0.15) is 11.6 Å². The Bertz CT molecular complexity index is 1200. The first kappa shape index (κ1) is 19.3. The summed E-state index contributed by atoms with van der Waals surface area (Å²) in [6.45, 7) is 0.875. The van der Waals surface area contributed by atoms with Crippen LogP contribution in [-0.4, -0.2) is 22.4 Å². The van der Waals surface area contributed by atoms with Crippen molar-refractivity contribution in [2.24, 2.45) is 0 Å². The van der Waals surface area contributed by atoms with E-state index >= 15 is 0 Å². The molecule has 0 aliphatic heterocycles. The maximum Gasteiger partial charge on any atom is 0.512 e. The molecule has 1 heterocycles. The molecular weight excluding hydrogens is 441 g/mol. The number of aromatic nitrogens is 1. The van der Waals surface area contributed by atoms with Crippen molar-refractivity contribution >= 4 is 43.8 Å². The first-order valence-electron chi connectivity index (χ1n) is 9.03. The van der Waals surface area contributed by atoms with Gasteiger partial charge < -0.3 is 19.1 Å². The zero-order valence-corrected chi connectivity index (χ0v) is 16.9. The molecule has 0 spiro atoms. The van der Waals surface area contributed by atoms with Crippen LogP contribution in [-0.2, 0) is 6.54 Å². The highest BCUT2D eigenvalue weighted by Crippen LogP contribution is 2.37. The monoisotopic (exact) mass is 457 g/mol. The molecule has 0 aliphatic rings. The molecule has 0 saturated heterocycles. The number of hydrogen-bond acceptors (Lipinski definition) is 3. The standard InChI is InChI=1S/C22H17BrFNO4/c23-20-17-13-15(24)9-10-18(17)25(21(20)29-22(26)27)11-4-12-28-19-8-3-6-14-5-1-2-7-16(14)19/h1-3,5-10,13H,4,11-12H2,(H,26,27). The number of aryl methyl sites for hydroxylation is 1. The molecule has 0 unspecified atom stereocenters. The second-order valence-electron chi connectivity index (χ2n) is 6.48. The first-order valence-corrected chi connectivity index (χ1v) is 9.82. The zero-order chi connectivity index (χ0) is 20.4. The molecule has 0 atom stereocenters. The van der Waals surface area contributed by atoms with Crippen LogP contribution in [0.1, 0.15) is 6.42 Å². The summed E-state index contributed by atoms with van der Waals surface area (Å²) in [6, 6.07) is 18.2. The summed E-state index contributed by atoms with van der Waals surface area (Å²) < 4.78 is 26.7. The fourth-order valence-electron chi connectivity index (χ4n) is 3.39. The van der Waals surface area contributed by atoms with E-state index in [2.05, 4.69) is 15.9 Å². The molecule has 29 heavy (non-hydrogen) atoms. The van der Waals surface area contributed by atoms with Gasteiger partial charge in [0.15, 0.2) is 0 Å². The minimum absolute atomic E-state index is 0.128. The van der Waals surface area contributed by atoms with Gasteiger partial charge in [0, 0.05) is 17.3 Å². The number of rotatable bonds is 6. The predicted molar refractivity (Wildman–Crippen MR) is 112 cm³/mol. The summed E-state index contributed by atoms with van der Waals surface area (Å²) in [5, 5.41) is 11.8. The van der Waals surface area contributed by atoms with E-state index in [0.29, 0.717) is 34.9 Å². The number of nitrogens with zero attached hydrogens (tertiary/aromatic N) is 1. The highest BCUT2D eigenvalue weighted by Gasteiger charge is 2.19. The van der Waals surface area contributed by atoms with Gasteiger partial charge in [-0.25, -0.2) is 9.18 Å². The minimum Gasteiger partial charge on any atom is -0.493 e. The molecule has 7 heteroatoms. The van der Waals surface area contributed by atoms with Crippen LogP contribution in [0.5, 0.6) is 11.6 Å². The lowest BCUT2D eigenvalue weighted by Crippen LogP contribution is -2.10. The van der Waals surface area contributed by atoms with Crippen LogP contribution in [0.3, 0.4) is 0 Å². The van der Waals surface area contributed by atoms with Crippen LogP contribution in [0.15, 0.2) is 65.1 Å². The molecule has 1 N–H and O–H groups in total. The molecule has 0 radical (unpaired) electrons. The summed E-state index contributed by atoms with van der Waals surface area (Å²) in [6.07, 6.45) is -0.825. The van der Waals surface area contributed by atoms with Crippen molar-refractivity contribution in [2.45, 2.75) is 13.0 Å². The predicted octanol–water partition coefficient (Wildman–Crippen LogP) is 6.22. The van der Waals surface area contributed by atoms with E-state index in [9.17, 15) is 9.18 Å².